The average molecular weight is 392 g/mol. The molecule has 3 rings (SSSR count). The summed E-state index contributed by atoms with van der Waals surface area (Å²) in [6.07, 6.45) is 2.00. The number of nitrogens with zero attached hydrogens (tertiary/aromatic N) is 3. The maximum atomic E-state index is 12.2. The van der Waals surface area contributed by atoms with Crippen LogP contribution in [0.25, 0.3) is 0 Å². The van der Waals surface area contributed by atoms with Crippen LogP contribution in [0.5, 0.6) is 0 Å². The van der Waals surface area contributed by atoms with Gasteiger partial charge in [-0.2, -0.15) is 10.5 Å². The van der Waals surface area contributed by atoms with Crippen molar-refractivity contribution in [3.63, 3.8) is 0 Å². The molecule has 2 aromatic rings. The number of hydrogen-bond donors (Lipinski definition) is 3. The first-order chi connectivity index (χ1) is 13.5. The summed E-state index contributed by atoms with van der Waals surface area (Å²) in [4.78, 5) is 28.4. The molecule has 1 aromatic carbocycles. The van der Waals surface area contributed by atoms with Gasteiger partial charge in [-0.15, -0.1) is 0 Å². The number of nitriles is 2. The molecule has 1 aromatic heterocycles. The Morgan fingerprint density at radius 3 is 2.64 bits per heavy atom. The fraction of sp³-hybridized carbons (Fsp3) is 0.211. The van der Waals surface area contributed by atoms with Crippen molar-refractivity contribution in [3.8, 4) is 12.1 Å². The van der Waals surface area contributed by atoms with Crippen LogP contribution in [0.1, 0.15) is 34.3 Å². The highest BCUT2D eigenvalue weighted by Crippen LogP contribution is 2.24. The largest absolute Gasteiger partial charge is 0.383 e. The highest BCUT2D eigenvalue weighted by molar-refractivity contribution is 8.00. The Bertz CT molecular complexity index is 1020. The Labute approximate surface area is 165 Å². The van der Waals surface area contributed by atoms with Gasteiger partial charge in [-0.1, -0.05) is 17.8 Å². The van der Waals surface area contributed by atoms with Gasteiger partial charge in [0.25, 0.3) is 5.91 Å². The molecular weight excluding hydrogens is 376 g/mol. The maximum Gasteiger partial charge on any atom is 0.251 e. The number of rotatable bonds is 6. The molecule has 0 unspecified atom stereocenters. The minimum Gasteiger partial charge on any atom is -0.383 e. The normalized spacial score (nSPS) is 12.5. The van der Waals surface area contributed by atoms with Gasteiger partial charge in [-0.3, -0.25) is 9.59 Å². The summed E-state index contributed by atoms with van der Waals surface area (Å²) in [5, 5.41) is 24.0. The lowest BCUT2D eigenvalue weighted by atomic mass is 10.2. The highest BCUT2D eigenvalue weighted by atomic mass is 32.2. The van der Waals surface area contributed by atoms with Crippen molar-refractivity contribution in [3.05, 3.63) is 47.0 Å². The second-order valence-electron chi connectivity index (χ2n) is 6.16. The van der Waals surface area contributed by atoms with Gasteiger partial charge in [0, 0.05) is 17.3 Å². The number of nitrogen functional groups attached to an aromatic ring is 1. The predicted octanol–water partition coefficient (Wildman–Crippen LogP) is 2.03. The molecule has 1 fully saturated rings. The molecule has 0 saturated heterocycles. The molecule has 1 aliphatic rings. The molecule has 2 amide bonds. The van der Waals surface area contributed by atoms with E-state index in [9.17, 15) is 14.9 Å². The van der Waals surface area contributed by atoms with E-state index in [1.807, 2.05) is 12.1 Å². The molecule has 1 heterocycles. The summed E-state index contributed by atoms with van der Waals surface area (Å²) in [5.74, 6) is -0.480. The van der Waals surface area contributed by atoms with E-state index in [0.29, 0.717) is 11.3 Å². The van der Waals surface area contributed by atoms with Crippen LogP contribution in [-0.2, 0) is 4.79 Å². The van der Waals surface area contributed by atoms with Crippen molar-refractivity contribution in [2.75, 3.05) is 16.8 Å². The fourth-order valence-electron chi connectivity index (χ4n) is 2.36. The van der Waals surface area contributed by atoms with Crippen LogP contribution in [0.4, 0.5) is 11.5 Å². The lowest BCUT2D eigenvalue weighted by molar-refractivity contribution is -0.113. The molecular formula is C19H16N6O2S. The van der Waals surface area contributed by atoms with Gasteiger partial charge < -0.3 is 16.4 Å². The summed E-state index contributed by atoms with van der Waals surface area (Å²) in [6.45, 7) is 0. The quantitative estimate of drug-likeness (QED) is 0.638. The van der Waals surface area contributed by atoms with E-state index < -0.39 is 0 Å². The van der Waals surface area contributed by atoms with E-state index in [0.717, 1.165) is 24.6 Å². The summed E-state index contributed by atoms with van der Waals surface area (Å²) in [6, 6.07) is 12.1. The molecule has 0 radical (unpaired) electrons. The zero-order chi connectivity index (χ0) is 20.1. The molecule has 28 heavy (non-hydrogen) atoms. The van der Waals surface area contributed by atoms with Crippen molar-refractivity contribution in [1.29, 1.82) is 10.5 Å². The molecule has 8 nitrogen and oxygen atoms in total. The number of amides is 2. The molecule has 0 bridgehead atoms. The smallest absolute Gasteiger partial charge is 0.251 e. The molecule has 9 heteroatoms. The van der Waals surface area contributed by atoms with Gasteiger partial charge in [0.2, 0.25) is 5.91 Å². The van der Waals surface area contributed by atoms with E-state index in [1.54, 1.807) is 24.3 Å². The first-order valence-corrected chi connectivity index (χ1v) is 9.43. The molecule has 4 N–H and O–H groups in total. The highest BCUT2D eigenvalue weighted by Gasteiger charge is 2.23. The topological polar surface area (TPSA) is 145 Å². The predicted molar refractivity (Wildman–Crippen MR) is 104 cm³/mol. The number of nitrogens with two attached hydrogens (primary N) is 1. The van der Waals surface area contributed by atoms with Gasteiger partial charge in [0.05, 0.1) is 16.9 Å². The lowest BCUT2D eigenvalue weighted by Gasteiger charge is -2.09. The van der Waals surface area contributed by atoms with Crippen molar-refractivity contribution in [2.24, 2.45) is 0 Å². The molecule has 0 spiro atoms. The SMILES string of the molecule is N#Cc1cc(C#N)c(SCC(=O)Nc2cccc(C(=O)NC3CC3)c2)nc1N. The van der Waals surface area contributed by atoms with Crippen LogP contribution in [0, 0.1) is 22.7 Å². The summed E-state index contributed by atoms with van der Waals surface area (Å²) < 4.78 is 0. The molecule has 0 aliphatic heterocycles. The summed E-state index contributed by atoms with van der Waals surface area (Å²) in [7, 11) is 0. The molecule has 1 saturated carbocycles. The Morgan fingerprint density at radius 2 is 1.96 bits per heavy atom. The third-order valence-electron chi connectivity index (χ3n) is 3.92. The van der Waals surface area contributed by atoms with Crippen LogP contribution in [0.3, 0.4) is 0 Å². The number of carbonyl (C=O) groups excluding carboxylic acids is 2. The zero-order valence-electron chi connectivity index (χ0n) is 14.7. The van der Waals surface area contributed by atoms with E-state index >= 15 is 0 Å². The van der Waals surface area contributed by atoms with E-state index in [1.165, 1.54) is 6.07 Å². The van der Waals surface area contributed by atoms with Gasteiger partial charge >= 0.3 is 0 Å². The van der Waals surface area contributed by atoms with Crippen LogP contribution in [0.15, 0.2) is 35.4 Å². The number of benzene rings is 1. The number of carbonyl (C=O) groups is 2. The van der Waals surface area contributed by atoms with Crippen LogP contribution in [0.2, 0.25) is 0 Å². The van der Waals surface area contributed by atoms with E-state index in [4.69, 9.17) is 11.0 Å². The first kappa shape index (κ1) is 19.2. The fourth-order valence-corrected chi connectivity index (χ4v) is 3.12. The minimum absolute atomic E-state index is 0.00841. The van der Waals surface area contributed by atoms with Gasteiger partial charge in [0.15, 0.2) is 0 Å². The Hall–Kier alpha value is -3.56. The molecule has 140 valence electrons. The van der Waals surface area contributed by atoms with Gasteiger partial charge in [-0.25, -0.2) is 4.98 Å². The number of thioether (sulfide) groups is 1. The van der Waals surface area contributed by atoms with Crippen molar-refractivity contribution in [1.82, 2.24) is 10.3 Å². The van der Waals surface area contributed by atoms with Crippen LogP contribution in [-0.4, -0.2) is 28.6 Å². The Kier molecular flexibility index (Phi) is 5.78. The van der Waals surface area contributed by atoms with Crippen LogP contribution < -0.4 is 16.4 Å². The number of pyridine rings is 1. The number of hydrogen-bond acceptors (Lipinski definition) is 7. The number of aromatic nitrogens is 1. The Balaban J connectivity index is 1.62. The standard InChI is InChI=1S/C19H16N6O2S/c20-8-12-6-13(9-21)19(25-17(12)22)28-10-16(26)23-15-3-1-2-11(7-15)18(27)24-14-4-5-14/h1-3,6-7,14H,4-5,10H2,(H2,22,25)(H,23,26)(H,24,27). The van der Waals surface area contributed by atoms with Crippen molar-refractivity contribution in [2.45, 2.75) is 23.9 Å². The third-order valence-corrected chi connectivity index (χ3v) is 4.91. The molecule has 0 atom stereocenters. The van der Waals surface area contributed by atoms with Crippen LogP contribution >= 0.6 is 11.8 Å². The van der Waals surface area contributed by atoms with E-state index in [2.05, 4.69) is 15.6 Å². The maximum absolute atomic E-state index is 12.2. The molecule has 1 aliphatic carbocycles. The zero-order valence-corrected chi connectivity index (χ0v) is 15.5. The average Bonchev–Trinajstić information content (AvgIpc) is 3.50. The summed E-state index contributed by atoms with van der Waals surface area (Å²) >= 11 is 1.05. The Morgan fingerprint density at radius 1 is 1.21 bits per heavy atom. The van der Waals surface area contributed by atoms with Crippen molar-refractivity contribution < 1.29 is 9.59 Å². The monoisotopic (exact) mass is 392 g/mol. The first-order valence-electron chi connectivity index (χ1n) is 8.44. The number of nitrogens with one attached hydrogen (secondary N) is 2. The van der Waals surface area contributed by atoms with Crippen molar-refractivity contribution >= 4 is 35.1 Å². The number of anilines is 2. The third kappa shape index (κ3) is 4.78. The lowest BCUT2D eigenvalue weighted by Crippen LogP contribution is -2.25. The summed E-state index contributed by atoms with van der Waals surface area (Å²) in [5.41, 5.74) is 6.95. The second kappa shape index (κ2) is 8.42. The van der Waals surface area contributed by atoms with Gasteiger partial charge in [-0.05, 0) is 37.1 Å². The minimum atomic E-state index is -0.321. The van der Waals surface area contributed by atoms with Gasteiger partial charge in [0.1, 0.15) is 23.0 Å². The van der Waals surface area contributed by atoms with E-state index in [-0.39, 0.29) is 45.6 Å². The second-order valence-corrected chi connectivity index (χ2v) is 7.13.